The van der Waals surface area contributed by atoms with Gasteiger partial charge in [-0.05, 0) is 55.0 Å². The van der Waals surface area contributed by atoms with Crippen LogP contribution in [0.3, 0.4) is 0 Å². The van der Waals surface area contributed by atoms with E-state index >= 15 is 0 Å². The molecule has 8 heteroatoms. The summed E-state index contributed by atoms with van der Waals surface area (Å²) in [6.07, 6.45) is 0. The van der Waals surface area contributed by atoms with E-state index in [0.717, 1.165) is 32.7 Å². The maximum absolute atomic E-state index is 13.0. The van der Waals surface area contributed by atoms with Crippen molar-refractivity contribution in [1.29, 1.82) is 0 Å². The second-order valence-corrected chi connectivity index (χ2v) is 8.19. The Morgan fingerprint density at radius 2 is 1.94 bits per heavy atom. The summed E-state index contributed by atoms with van der Waals surface area (Å²) in [5, 5.41) is 16.7. The molecule has 0 aliphatic rings. The highest BCUT2D eigenvalue weighted by molar-refractivity contribution is 7.16. The number of aliphatic hydroxyl groups excluding tert-OH is 1. The number of nitrogens with one attached hydrogen (secondary N) is 1. The van der Waals surface area contributed by atoms with Gasteiger partial charge in [0.2, 0.25) is 0 Å². The lowest BCUT2D eigenvalue weighted by Gasteiger charge is -2.07. The molecule has 3 heterocycles. The summed E-state index contributed by atoms with van der Waals surface area (Å²) in [6.45, 7) is 1.87. The standard InChI is InChI=1S/C24H19N5O2S/c1-15-3-2-4-23(26-15)29-21(17-7-10-19-22(11-17)32-14-25-19)12-20(28-29)24(31)27-18-8-5-16(13-30)6-9-18/h2-12,14,30H,13H2,1H3,(H,27,31). The van der Waals surface area contributed by atoms with Crippen molar-refractivity contribution >= 4 is 33.1 Å². The first-order valence-electron chi connectivity index (χ1n) is 9.99. The summed E-state index contributed by atoms with van der Waals surface area (Å²) in [7, 11) is 0. The number of rotatable bonds is 5. The fourth-order valence-corrected chi connectivity index (χ4v) is 4.14. The molecule has 0 aliphatic carbocycles. The first kappa shape index (κ1) is 20.0. The van der Waals surface area contributed by atoms with Gasteiger partial charge in [0.15, 0.2) is 11.5 Å². The summed E-state index contributed by atoms with van der Waals surface area (Å²) in [4.78, 5) is 21.9. The second-order valence-electron chi connectivity index (χ2n) is 7.31. The van der Waals surface area contributed by atoms with Gasteiger partial charge in [-0.1, -0.05) is 24.3 Å². The molecule has 0 aliphatic heterocycles. The van der Waals surface area contributed by atoms with E-state index in [-0.39, 0.29) is 18.2 Å². The maximum Gasteiger partial charge on any atom is 0.276 e. The highest BCUT2D eigenvalue weighted by Crippen LogP contribution is 2.28. The van der Waals surface area contributed by atoms with Crippen molar-refractivity contribution in [3.63, 3.8) is 0 Å². The maximum atomic E-state index is 13.0. The van der Waals surface area contributed by atoms with E-state index in [2.05, 4.69) is 20.4 Å². The van der Waals surface area contributed by atoms with Crippen LogP contribution in [0, 0.1) is 6.92 Å². The number of carbonyl (C=O) groups is 1. The van der Waals surface area contributed by atoms with Gasteiger partial charge in [0.25, 0.3) is 5.91 Å². The molecule has 0 unspecified atom stereocenters. The van der Waals surface area contributed by atoms with Gasteiger partial charge in [0.05, 0.1) is 28.0 Å². The summed E-state index contributed by atoms with van der Waals surface area (Å²) in [6, 6.07) is 20.5. The van der Waals surface area contributed by atoms with Crippen molar-refractivity contribution in [2.45, 2.75) is 13.5 Å². The zero-order valence-electron chi connectivity index (χ0n) is 17.2. The molecule has 1 amide bonds. The minimum Gasteiger partial charge on any atom is -0.392 e. The van der Waals surface area contributed by atoms with Crippen LogP contribution in [-0.4, -0.2) is 30.8 Å². The van der Waals surface area contributed by atoms with Crippen LogP contribution in [0.2, 0.25) is 0 Å². The number of nitrogens with zero attached hydrogens (tertiary/aromatic N) is 4. The number of benzene rings is 2. The summed E-state index contributed by atoms with van der Waals surface area (Å²) < 4.78 is 2.75. The molecule has 2 aromatic carbocycles. The fraction of sp³-hybridized carbons (Fsp3) is 0.0833. The normalized spacial score (nSPS) is 11.1. The Balaban J connectivity index is 1.56. The molecule has 3 aromatic heterocycles. The Bertz CT molecular complexity index is 1420. The van der Waals surface area contributed by atoms with Crippen molar-refractivity contribution in [1.82, 2.24) is 19.7 Å². The van der Waals surface area contributed by atoms with E-state index in [0.29, 0.717) is 11.5 Å². The molecule has 0 fully saturated rings. The first-order valence-corrected chi connectivity index (χ1v) is 10.9. The first-order chi connectivity index (χ1) is 15.6. The Morgan fingerprint density at radius 3 is 2.72 bits per heavy atom. The van der Waals surface area contributed by atoms with E-state index in [9.17, 15) is 9.90 Å². The molecule has 0 bridgehead atoms. The lowest BCUT2D eigenvalue weighted by molar-refractivity contribution is 0.102. The van der Waals surface area contributed by atoms with Crippen LogP contribution >= 0.6 is 11.3 Å². The van der Waals surface area contributed by atoms with Crippen molar-refractivity contribution in [3.05, 3.63) is 89.2 Å². The van der Waals surface area contributed by atoms with Crippen molar-refractivity contribution in [3.8, 4) is 17.1 Å². The number of anilines is 1. The third kappa shape index (κ3) is 3.89. The average Bonchev–Trinajstić information content (AvgIpc) is 3.46. The topological polar surface area (TPSA) is 92.9 Å². The highest BCUT2D eigenvalue weighted by Gasteiger charge is 2.18. The predicted octanol–water partition coefficient (Wildman–Crippen LogP) is 4.60. The summed E-state index contributed by atoms with van der Waals surface area (Å²) >= 11 is 1.56. The average molecular weight is 442 g/mol. The molecule has 5 rings (SSSR count). The molecule has 32 heavy (non-hydrogen) atoms. The van der Waals surface area contributed by atoms with Gasteiger partial charge in [-0.2, -0.15) is 5.10 Å². The van der Waals surface area contributed by atoms with E-state index in [1.807, 2.05) is 48.8 Å². The van der Waals surface area contributed by atoms with E-state index in [4.69, 9.17) is 0 Å². The molecule has 158 valence electrons. The molecule has 0 atom stereocenters. The molecule has 2 N–H and O–H groups in total. The van der Waals surface area contributed by atoms with Gasteiger partial charge in [-0.15, -0.1) is 11.3 Å². The lowest BCUT2D eigenvalue weighted by Crippen LogP contribution is -2.13. The Kier molecular flexibility index (Phi) is 5.22. The molecule has 0 spiro atoms. The number of hydrogen-bond acceptors (Lipinski definition) is 6. The van der Waals surface area contributed by atoms with E-state index < -0.39 is 0 Å². The molecule has 0 radical (unpaired) electrons. The number of pyridine rings is 1. The fourth-order valence-electron chi connectivity index (χ4n) is 3.42. The van der Waals surface area contributed by atoms with Crippen LogP contribution < -0.4 is 5.32 Å². The molecule has 0 saturated carbocycles. The molecule has 7 nitrogen and oxygen atoms in total. The van der Waals surface area contributed by atoms with Gasteiger partial charge in [0, 0.05) is 16.9 Å². The van der Waals surface area contributed by atoms with Crippen LogP contribution in [0.5, 0.6) is 0 Å². The summed E-state index contributed by atoms with van der Waals surface area (Å²) in [5.41, 5.74) is 6.97. The third-order valence-electron chi connectivity index (χ3n) is 5.05. The third-order valence-corrected chi connectivity index (χ3v) is 5.85. The minimum absolute atomic E-state index is 0.0460. The summed E-state index contributed by atoms with van der Waals surface area (Å²) in [5.74, 6) is 0.309. The van der Waals surface area contributed by atoms with Crippen molar-refractivity contribution < 1.29 is 9.90 Å². The van der Waals surface area contributed by atoms with Gasteiger partial charge in [-0.25, -0.2) is 14.6 Å². The van der Waals surface area contributed by atoms with Gasteiger partial charge < -0.3 is 10.4 Å². The highest BCUT2D eigenvalue weighted by atomic mass is 32.1. The van der Waals surface area contributed by atoms with E-state index in [1.165, 1.54) is 0 Å². The number of fused-ring (bicyclic) bond motifs is 1. The quantitative estimate of drug-likeness (QED) is 0.416. The van der Waals surface area contributed by atoms with Gasteiger partial charge in [0.1, 0.15) is 0 Å². The van der Waals surface area contributed by atoms with Gasteiger partial charge in [-0.3, -0.25) is 4.79 Å². The van der Waals surface area contributed by atoms with Crippen LogP contribution in [0.1, 0.15) is 21.7 Å². The lowest BCUT2D eigenvalue weighted by atomic mass is 10.1. The Morgan fingerprint density at radius 1 is 1.09 bits per heavy atom. The molecular formula is C24H19N5O2S. The number of aromatic nitrogens is 4. The monoisotopic (exact) mass is 441 g/mol. The zero-order chi connectivity index (χ0) is 22.1. The van der Waals surface area contributed by atoms with Crippen molar-refractivity contribution in [2.24, 2.45) is 0 Å². The van der Waals surface area contributed by atoms with Crippen LogP contribution in [-0.2, 0) is 6.61 Å². The Hall–Kier alpha value is -3.88. The number of hydrogen-bond donors (Lipinski definition) is 2. The largest absolute Gasteiger partial charge is 0.392 e. The molecule has 5 aromatic rings. The van der Waals surface area contributed by atoms with Crippen LogP contribution in [0.15, 0.2) is 72.2 Å². The number of aliphatic hydroxyl groups is 1. The number of carbonyl (C=O) groups excluding carboxylic acids is 1. The van der Waals surface area contributed by atoms with Crippen LogP contribution in [0.4, 0.5) is 5.69 Å². The second kappa shape index (κ2) is 8.33. The van der Waals surface area contributed by atoms with E-state index in [1.54, 1.807) is 46.4 Å². The smallest absolute Gasteiger partial charge is 0.276 e. The molecule has 0 saturated heterocycles. The zero-order valence-corrected chi connectivity index (χ0v) is 18.0. The van der Waals surface area contributed by atoms with Gasteiger partial charge >= 0.3 is 0 Å². The predicted molar refractivity (Wildman–Crippen MR) is 125 cm³/mol. The molecular weight excluding hydrogens is 422 g/mol. The number of thiazole rings is 1. The minimum atomic E-state index is -0.326. The SMILES string of the molecule is Cc1cccc(-n2nc(C(=O)Nc3ccc(CO)cc3)cc2-c2ccc3ncsc3c2)n1. The van der Waals surface area contributed by atoms with Crippen LogP contribution in [0.25, 0.3) is 27.3 Å². The van der Waals surface area contributed by atoms with Crippen molar-refractivity contribution in [2.75, 3.05) is 5.32 Å². The number of aryl methyl sites for hydroxylation is 1. The Labute approximate surface area is 188 Å². The number of amides is 1.